The van der Waals surface area contributed by atoms with E-state index in [0.717, 1.165) is 16.7 Å². The van der Waals surface area contributed by atoms with Crippen LogP contribution in [-0.4, -0.2) is 34.6 Å². The number of carbonyl (C=O) groups is 4. The lowest BCUT2D eigenvalue weighted by Crippen LogP contribution is -2.54. The number of allylic oxidation sites excluding steroid dienone is 2. The standard InChI is InChI=1S/C26H23ClFN5O4/c1-3-5-15(4-2)33(16-7-6-14(13-29)19(27)10-16)31-21-12-18-17(11-20(21)28)25(36)32(26(18)37)22-8-9-23(34)30-24(22)35/h5-7,10-12,22,31H,3-4,8-9H2,1-2H3,(H,30,34,35)/b15-5+. The summed E-state index contributed by atoms with van der Waals surface area (Å²) in [6.07, 6.45) is 3.16. The predicted molar refractivity (Wildman–Crippen MR) is 134 cm³/mol. The minimum atomic E-state index is -1.15. The van der Waals surface area contributed by atoms with Gasteiger partial charge in [-0.2, -0.15) is 5.26 Å². The number of benzene rings is 2. The second kappa shape index (κ2) is 10.4. The molecule has 0 bridgehead atoms. The van der Waals surface area contributed by atoms with Gasteiger partial charge >= 0.3 is 0 Å². The lowest BCUT2D eigenvalue weighted by atomic mass is 10.0. The Morgan fingerprint density at radius 3 is 2.51 bits per heavy atom. The number of amides is 4. The van der Waals surface area contributed by atoms with Gasteiger partial charge in [-0.1, -0.05) is 31.5 Å². The van der Waals surface area contributed by atoms with Crippen LogP contribution in [0.1, 0.15) is 65.8 Å². The van der Waals surface area contributed by atoms with Gasteiger partial charge in [0.15, 0.2) is 0 Å². The number of halogens is 2. The third kappa shape index (κ3) is 4.78. The van der Waals surface area contributed by atoms with E-state index < -0.39 is 35.5 Å². The Labute approximate surface area is 217 Å². The van der Waals surface area contributed by atoms with Gasteiger partial charge in [0.05, 0.1) is 33.1 Å². The van der Waals surface area contributed by atoms with Crippen LogP contribution < -0.4 is 15.8 Å². The number of nitrogens with zero attached hydrogens (tertiary/aromatic N) is 3. The fraction of sp³-hybridized carbons (Fsp3) is 0.269. The summed E-state index contributed by atoms with van der Waals surface area (Å²) < 4.78 is 15.3. The van der Waals surface area contributed by atoms with Crippen molar-refractivity contribution in [2.24, 2.45) is 0 Å². The summed E-state index contributed by atoms with van der Waals surface area (Å²) in [5, 5.41) is 13.2. The van der Waals surface area contributed by atoms with Crippen molar-refractivity contribution >= 4 is 46.6 Å². The fourth-order valence-electron chi connectivity index (χ4n) is 4.36. The molecule has 1 fully saturated rings. The van der Waals surface area contributed by atoms with Gasteiger partial charge in [-0.15, -0.1) is 0 Å². The van der Waals surface area contributed by atoms with E-state index >= 15 is 4.39 Å². The first-order chi connectivity index (χ1) is 17.7. The van der Waals surface area contributed by atoms with Crippen molar-refractivity contribution in [1.29, 1.82) is 5.26 Å². The Morgan fingerprint density at radius 2 is 1.92 bits per heavy atom. The maximum absolute atomic E-state index is 15.3. The normalized spacial score (nSPS) is 17.4. The number of fused-ring (bicyclic) bond motifs is 1. The number of hydrazine groups is 1. The van der Waals surface area contributed by atoms with Crippen LogP contribution in [0.15, 0.2) is 42.1 Å². The molecule has 190 valence electrons. The number of hydrogen-bond acceptors (Lipinski definition) is 7. The Morgan fingerprint density at radius 1 is 1.22 bits per heavy atom. The molecule has 1 saturated heterocycles. The Bertz CT molecular complexity index is 1400. The van der Waals surface area contributed by atoms with Gasteiger partial charge in [-0.25, -0.2) is 4.39 Å². The van der Waals surface area contributed by atoms with Crippen molar-refractivity contribution in [3.63, 3.8) is 0 Å². The zero-order chi connectivity index (χ0) is 26.9. The monoisotopic (exact) mass is 523 g/mol. The maximum atomic E-state index is 15.3. The highest BCUT2D eigenvalue weighted by Crippen LogP contribution is 2.33. The van der Waals surface area contributed by atoms with Crippen LogP contribution in [0.2, 0.25) is 5.02 Å². The molecule has 4 rings (SSSR count). The van der Waals surface area contributed by atoms with Crippen LogP contribution in [0, 0.1) is 17.1 Å². The van der Waals surface area contributed by atoms with E-state index in [1.165, 1.54) is 6.07 Å². The summed E-state index contributed by atoms with van der Waals surface area (Å²) in [4.78, 5) is 50.7. The van der Waals surface area contributed by atoms with Crippen molar-refractivity contribution in [2.45, 2.75) is 45.6 Å². The second-order valence-electron chi connectivity index (χ2n) is 8.51. The van der Waals surface area contributed by atoms with E-state index in [1.54, 1.807) is 23.2 Å². The van der Waals surface area contributed by atoms with Crippen LogP contribution in [0.3, 0.4) is 0 Å². The molecule has 0 aliphatic carbocycles. The van der Waals surface area contributed by atoms with Gasteiger partial charge in [-0.3, -0.25) is 39.8 Å². The van der Waals surface area contributed by atoms with Gasteiger partial charge in [0, 0.05) is 12.1 Å². The zero-order valence-corrected chi connectivity index (χ0v) is 20.9. The lowest BCUT2D eigenvalue weighted by Gasteiger charge is -2.29. The molecule has 0 saturated carbocycles. The average molecular weight is 524 g/mol. The number of nitriles is 1. The van der Waals surface area contributed by atoms with Crippen molar-refractivity contribution in [2.75, 3.05) is 10.4 Å². The molecule has 0 spiro atoms. The minimum absolute atomic E-state index is 0.00136. The van der Waals surface area contributed by atoms with E-state index in [2.05, 4.69) is 10.7 Å². The van der Waals surface area contributed by atoms with Crippen molar-refractivity contribution < 1.29 is 23.6 Å². The molecule has 2 N–H and O–H groups in total. The number of imide groups is 2. The molecule has 2 aliphatic heterocycles. The minimum Gasteiger partial charge on any atom is -0.295 e. The molecule has 2 aliphatic rings. The van der Waals surface area contributed by atoms with E-state index in [9.17, 15) is 24.4 Å². The number of hydrogen-bond donors (Lipinski definition) is 2. The third-order valence-electron chi connectivity index (χ3n) is 6.18. The van der Waals surface area contributed by atoms with Crippen LogP contribution in [0.5, 0.6) is 0 Å². The maximum Gasteiger partial charge on any atom is 0.262 e. The molecular weight excluding hydrogens is 501 g/mol. The fourth-order valence-corrected chi connectivity index (χ4v) is 4.58. The van der Waals surface area contributed by atoms with E-state index in [1.807, 2.05) is 26.0 Å². The largest absolute Gasteiger partial charge is 0.295 e. The Balaban J connectivity index is 1.72. The van der Waals surface area contributed by atoms with Crippen molar-refractivity contribution in [3.8, 4) is 6.07 Å². The van der Waals surface area contributed by atoms with Gasteiger partial charge < -0.3 is 0 Å². The molecule has 37 heavy (non-hydrogen) atoms. The molecule has 0 aromatic heterocycles. The zero-order valence-electron chi connectivity index (χ0n) is 20.1. The Kier molecular flexibility index (Phi) is 7.27. The van der Waals surface area contributed by atoms with Gasteiger partial charge in [0.25, 0.3) is 11.8 Å². The summed E-state index contributed by atoms with van der Waals surface area (Å²) in [7, 11) is 0. The molecule has 9 nitrogen and oxygen atoms in total. The first-order valence-corrected chi connectivity index (χ1v) is 12.1. The van der Waals surface area contributed by atoms with E-state index in [4.69, 9.17) is 11.6 Å². The number of nitrogens with one attached hydrogen (secondary N) is 2. The summed E-state index contributed by atoms with van der Waals surface area (Å²) in [6, 6.07) is 7.80. The van der Waals surface area contributed by atoms with Crippen LogP contribution in [0.25, 0.3) is 0 Å². The highest BCUT2D eigenvalue weighted by Gasteiger charge is 2.45. The topological polar surface area (TPSA) is 123 Å². The highest BCUT2D eigenvalue weighted by molar-refractivity contribution is 6.32. The summed E-state index contributed by atoms with van der Waals surface area (Å²) in [6.45, 7) is 3.87. The second-order valence-corrected chi connectivity index (χ2v) is 8.91. The number of carbonyl (C=O) groups excluding carboxylic acids is 4. The Hall–Kier alpha value is -4.23. The molecule has 2 aromatic carbocycles. The third-order valence-corrected chi connectivity index (χ3v) is 6.49. The van der Waals surface area contributed by atoms with Crippen molar-refractivity contribution in [3.05, 3.63) is 69.6 Å². The van der Waals surface area contributed by atoms with Crippen LogP contribution in [0.4, 0.5) is 15.8 Å². The average Bonchev–Trinajstić information content (AvgIpc) is 3.10. The number of piperidine rings is 1. The van der Waals surface area contributed by atoms with Crippen LogP contribution >= 0.6 is 11.6 Å². The molecule has 11 heteroatoms. The molecule has 2 heterocycles. The first kappa shape index (κ1) is 25.9. The molecule has 0 radical (unpaired) electrons. The molecule has 1 atom stereocenters. The lowest BCUT2D eigenvalue weighted by molar-refractivity contribution is -0.136. The van der Waals surface area contributed by atoms with Gasteiger partial charge in [0.2, 0.25) is 11.8 Å². The van der Waals surface area contributed by atoms with Crippen molar-refractivity contribution in [1.82, 2.24) is 10.2 Å². The van der Waals surface area contributed by atoms with E-state index in [-0.39, 0.29) is 40.2 Å². The SMILES string of the molecule is CC/C=C(\CC)N(Nc1cc2c(cc1F)C(=O)N(C1CCC(=O)NC1=O)C2=O)c1ccc(C#N)c(Cl)c1. The van der Waals surface area contributed by atoms with Crippen LogP contribution in [-0.2, 0) is 9.59 Å². The number of anilines is 2. The molecule has 1 unspecified atom stereocenters. The predicted octanol–water partition coefficient (Wildman–Crippen LogP) is 4.29. The van der Waals surface area contributed by atoms with Gasteiger partial charge in [-0.05, 0) is 49.6 Å². The smallest absolute Gasteiger partial charge is 0.262 e. The number of rotatable bonds is 7. The highest BCUT2D eigenvalue weighted by atomic mass is 35.5. The quantitative estimate of drug-likeness (QED) is 0.410. The summed E-state index contributed by atoms with van der Waals surface area (Å²) in [5.41, 5.74) is 4.26. The first-order valence-electron chi connectivity index (χ1n) is 11.7. The molecule has 2 aromatic rings. The molecular formula is C26H23ClFN5O4. The summed E-state index contributed by atoms with van der Waals surface area (Å²) >= 11 is 6.24. The molecule has 4 amide bonds. The summed E-state index contributed by atoms with van der Waals surface area (Å²) in [5.74, 6) is -3.56. The van der Waals surface area contributed by atoms with Gasteiger partial charge in [0.1, 0.15) is 17.9 Å². The van der Waals surface area contributed by atoms with E-state index in [0.29, 0.717) is 18.5 Å².